The Morgan fingerprint density at radius 3 is 2.40 bits per heavy atom. The minimum absolute atomic E-state index is 0.0253. The monoisotopic (exact) mass is 273 g/mol. The number of nitrogens with one attached hydrogen (secondary N) is 1. The van der Waals surface area contributed by atoms with E-state index in [2.05, 4.69) is 17.4 Å². The second-order valence-electron chi connectivity index (χ2n) is 6.44. The van der Waals surface area contributed by atoms with Crippen molar-refractivity contribution >= 4 is 5.91 Å². The smallest absolute Gasteiger partial charge is 0.251 e. The number of hydrogen-bond acceptors (Lipinski definition) is 2. The van der Waals surface area contributed by atoms with E-state index in [0.717, 1.165) is 18.4 Å². The van der Waals surface area contributed by atoms with Crippen LogP contribution in [0.4, 0.5) is 0 Å². The number of carbonyl (C=O) groups is 1. The second kappa shape index (κ2) is 5.57. The van der Waals surface area contributed by atoms with Crippen LogP contribution in [0, 0.1) is 5.41 Å². The third-order valence-electron chi connectivity index (χ3n) is 4.92. The van der Waals surface area contributed by atoms with Crippen LogP contribution in [0.15, 0.2) is 24.3 Å². The van der Waals surface area contributed by atoms with Crippen molar-refractivity contribution in [2.75, 3.05) is 13.2 Å². The second-order valence-corrected chi connectivity index (χ2v) is 6.44. The molecule has 2 fully saturated rings. The summed E-state index contributed by atoms with van der Waals surface area (Å²) in [4.78, 5) is 12.1. The average Bonchev–Trinajstić information content (AvgIpc) is 3.07. The fourth-order valence-corrected chi connectivity index (χ4v) is 3.10. The van der Waals surface area contributed by atoms with Crippen LogP contribution in [-0.4, -0.2) is 24.2 Å². The number of aliphatic hydroxyl groups excluding tert-OH is 1. The molecule has 2 N–H and O–H groups in total. The summed E-state index contributed by atoms with van der Waals surface area (Å²) >= 11 is 0. The maximum Gasteiger partial charge on any atom is 0.251 e. The zero-order chi connectivity index (χ0) is 14.0. The third kappa shape index (κ3) is 2.88. The standard InChI is InChI=1S/C17H23NO2/c19-12-17(9-10-17)11-18-16(20)15-7-5-14(6-8-15)13-3-1-2-4-13/h5-8,13,19H,1-4,9-12H2,(H,18,20). The van der Waals surface area contributed by atoms with E-state index in [0.29, 0.717) is 12.5 Å². The van der Waals surface area contributed by atoms with Gasteiger partial charge in [-0.3, -0.25) is 4.79 Å². The van der Waals surface area contributed by atoms with Gasteiger partial charge in [-0.1, -0.05) is 25.0 Å². The summed E-state index contributed by atoms with van der Waals surface area (Å²) in [5.74, 6) is 0.666. The molecule has 3 nitrogen and oxygen atoms in total. The largest absolute Gasteiger partial charge is 0.396 e. The highest BCUT2D eigenvalue weighted by molar-refractivity contribution is 5.94. The van der Waals surface area contributed by atoms with Crippen LogP contribution in [0.3, 0.4) is 0 Å². The van der Waals surface area contributed by atoms with Gasteiger partial charge >= 0.3 is 0 Å². The summed E-state index contributed by atoms with van der Waals surface area (Å²) in [5, 5.41) is 12.2. The predicted octanol–water partition coefficient (Wildman–Crippen LogP) is 2.85. The van der Waals surface area contributed by atoms with Crippen LogP contribution in [0.2, 0.25) is 0 Å². The van der Waals surface area contributed by atoms with E-state index >= 15 is 0 Å². The molecule has 0 heterocycles. The first kappa shape index (κ1) is 13.6. The normalized spacial score (nSPS) is 20.9. The Balaban J connectivity index is 1.57. The number of benzene rings is 1. The van der Waals surface area contributed by atoms with E-state index < -0.39 is 0 Å². The number of amides is 1. The van der Waals surface area contributed by atoms with Gasteiger partial charge in [0.05, 0.1) is 6.61 Å². The first-order chi connectivity index (χ1) is 9.72. The van der Waals surface area contributed by atoms with Crippen molar-refractivity contribution in [1.82, 2.24) is 5.32 Å². The van der Waals surface area contributed by atoms with Gasteiger partial charge in [0.2, 0.25) is 0 Å². The molecule has 0 saturated heterocycles. The number of aliphatic hydroxyl groups is 1. The Morgan fingerprint density at radius 2 is 1.85 bits per heavy atom. The highest BCUT2D eigenvalue weighted by Gasteiger charge is 2.42. The summed E-state index contributed by atoms with van der Waals surface area (Å²) in [6.45, 7) is 0.764. The van der Waals surface area contributed by atoms with Gasteiger partial charge in [-0.15, -0.1) is 0 Å². The first-order valence-electron chi connectivity index (χ1n) is 7.71. The fourth-order valence-electron chi connectivity index (χ4n) is 3.10. The topological polar surface area (TPSA) is 49.3 Å². The SMILES string of the molecule is O=C(NCC1(CO)CC1)c1ccc(C2CCCC2)cc1. The van der Waals surface area contributed by atoms with E-state index in [1.54, 1.807) is 0 Å². The quantitative estimate of drug-likeness (QED) is 0.866. The summed E-state index contributed by atoms with van der Waals surface area (Å²) in [6, 6.07) is 8.07. The summed E-state index contributed by atoms with van der Waals surface area (Å²) < 4.78 is 0. The summed E-state index contributed by atoms with van der Waals surface area (Å²) in [5.41, 5.74) is 2.06. The minimum atomic E-state index is -0.0283. The first-order valence-corrected chi connectivity index (χ1v) is 7.71. The summed E-state index contributed by atoms with van der Waals surface area (Å²) in [6.07, 6.45) is 7.26. The van der Waals surface area contributed by atoms with Crippen molar-refractivity contribution in [2.45, 2.75) is 44.4 Å². The Bertz CT molecular complexity index is 470. The van der Waals surface area contributed by atoms with E-state index in [9.17, 15) is 9.90 Å². The van der Waals surface area contributed by atoms with Gasteiger partial charge in [0.25, 0.3) is 5.91 Å². The van der Waals surface area contributed by atoms with Crippen LogP contribution in [0.5, 0.6) is 0 Å². The number of hydrogen-bond donors (Lipinski definition) is 2. The molecule has 1 amide bonds. The van der Waals surface area contributed by atoms with E-state index in [1.807, 2.05) is 12.1 Å². The van der Waals surface area contributed by atoms with Gasteiger partial charge in [0.15, 0.2) is 0 Å². The van der Waals surface area contributed by atoms with E-state index in [4.69, 9.17) is 0 Å². The minimum Gasteiger partial charge on any atom is -0.396 e. The van der Waals surface area contributed by atoms with Crippen molar-refractivity contribution in [3.8, 4) is 0 Å². The lowest BCUT2D eigenvalue weighted by Gasteiger charge is -2.13. The molecule has 20 heavy (non-hydrogen) atoms. The molecule has 2 aliphatic carbocycles. The van der Waals surface area contributed by atoms with Gasteiger partial charge in [-0.2, -0.15) is 0 Å². The maximum absolute atomic E-state index is 12.1. The van der Waals surface area contributed by atoms with Crippen molar-refractivity contribution in [2.24, 2.45) is 5.41 Å². The average molecular weight is 273 g/mol. The Kier molecular flexibility index (Phi) is 3.79. The van der Waals surface area contributed by atoms with Crippen LogP contribution in [0.25, 0.3) is 0 Å². The molecule has 1 aromatic carbocycles. The van der Waals surface area contributed by atoms with Crippen molar-refractivity contribution in [3.63, 3.8) is 0 Å². The molecule has 0 spiro atoms. The van der Waals surface area contributed by atoms with Crippen molar-refractivity contribution in [1.29, 1.82) is 0 Å². The lowest BCUT2D eigenvalue weighted by atomic mass is 9.96. The molecule has 0 bridgehead atoms. The Labute approximate surface area is 120 Å². The molecular weight excluding hydrogens is 250 g/mol. The zero-order valence-corrected chi connectivity index (χ0v) is 11.9. The molecule has 108 valence electrons. The van der Waals surface area contributed by atoms with E-state index in [-0.39, 0.29) is 17.9 Å². The Hall–Kier alpha value is -1.35. The molecule has 3 heteroatoms. The van der Waals surface area contributed by atoms with Gasteiger partial charge < -0.3 is 10.4 Å². The van der Waals surface area contributed by atoms with Crippen LogP contribution < -0.4 is 5.32 Å². The molecule has 0 aliphatic heterocycles. The van der Waals surface area contributed by atoms with Crippen molar-refractivity contribution < 1.29 is 9.90 Å². The van der Waals surface area contributed by atoms with Crippen molar-refractivity contribution in [3.05, 3.63) is 35.4 Å². The zero-order valence-electron chi connectivity index (χ0n) is 11.9. The number of rotatable bonds is 5. The highest BCUT2D eigenvalue weighted by Crippen LogP contribution is 2.44. The van der Waals surface area contributed by atoms with E-state index in [1.165, 1.54) is 31.2 Å². The fraction of sp³-hybridized carbons (Fsp3) is 0.588. The van der Waals surface area contributed by atoms with Gasteiger partial charge in [-0.25, -0.2) is 0 Å². The molecule has 2 aliphatic rings. The Morgan fingerprint density at radius 1 is 1.20 bits per heavy atom. The lowest BCUT2D eigenvalue weighted by molar-refractivity contribution is 0.0935. The molecule has 1 aromatic rings. The lowest BCUT2D eigenvalue weighted by Crippen LogP contribution is -2.31. The van der Waals surface area contributed by atoms with Gasteiger partial charge in [0, 0.05) is 17.5 Å². The maximum atomic E-state index is 12.1. The van der Waals surface area contributed by atoms with Crippen LogP contribution in [-0.2, 0) is 0 Å². The molecule has 0 unspecified atom stereocenters. The molecule has 0 atom stereocenters. The van der Waals surface area contributed by atoms with Gasteiger partial charge in [0.1, 0.15) is 0 Å². The number of carbonyl (C=O) groups excluding carboxylic acids is 1. The summed E-state index contributed by atoms with van der Waals surface area (Å²) in [7, 11) is 0. The molecule has 0 radical (unpaired) electrons. The highest BCUT2D eigenvalue weighted by atomic mass is 16.3. The van der Waals surface area contributed by atoms with Gasteiger partial charge in [-0.05, 0) is 49.3 Å². The molecule has 2 saturated carbocycles. The van der Waals surface area contributed by atoms with Crippen LogP contribution >= 0.6 is 0 Å². The van der Waals surface area contributed by atoms with Crippen LogP contribution in [0.1, 0.15) is 60.4 Å². The molecule has 0 aromatic heterocycles. The molecule has 3 rings (SSSR count). The molecular formula is C17H23NO2. The predicted molar refractivity (Wildman–Crippen MR) is 78.7 cm³/mol. The third-order valence-corrected chi connectivity index (χ3v) is 4.92.